The molecule has 0 aliphatic carbocycles. The van der Waals surface area contributed by atoms with Gasteiger partial charge in [-0.25, -0.2) is 0 Å². The summed E-state index contributed by atoms with van der Waals surface area (Å²) in [5.74, 6) is -0.442. The number of thiocarbonyl (C=S) groups is 1. The smallest absolute Gasteiger partial charge is 0.219 e. The van der Waals surface area contributed by atoms with E-state index >= 15 is 0 Å². The fourth-order valence-electron chi connectivity index (χ4n) is 0.651. The van der Waals surface area contributed by atoms with Crippen LogP contribution in [0.15, 0.2) is 0 Å². The Morgan fingerprint density at radius 2 is 2.09 bits per heavy atom. The average molecular weight is 172 g/mol. The first-order chi connectivity index (χ1) is 5.11. The molecule has 0 spiro atoms. The Morgan fingerprint density at radius 1 is 1.55 bits per heavy atom. The van der Waals surface area contributed by atoms with E-state index in [0.29, 0.717) is 6.54 Å². The largest absolute Gasteiger partial charge is 0.335 e. The van der Waals surface area contributed by atoms with Gasteiger partial charge in [-0.3, -0.25) is 9.59 Å². The van der Waals surface area contributed by atoms with E-state index in [1.54, 1.807) is 6.92 Å². The van der Waals surface area contributed by atoms with E-state index in [9.17, 15) is 9.59 Å². The Morgan fingerprint density at radius 3 is 2.36 bits per heavy atom. The molecule has 0 atom stereocenters. The van der Waals surface area contributed by atoms with E-state index in [0.717, 1.165) is 0 Å². The van der Waals surface area contributed by atoms with Crippen LogP contribution in [-0.4, -0.2) is 35.0 Å². The van der Waals surface area contributed by atoms with Crippen LogP contribution in [-0.2, 0) is 9.59 Å². The zero-order valence-corrected chi connectivity index (χ0v) is 7.40. The summed E-state index contributed by atoms with van der Waals surface area (Å²) in [7, 11) is 0. The first-order valence-corrected chi connectivity index (χ1v) is 3.69. The number of carbonyl (C=O) groups excluding carboxylic acids is 2. The molecule has 0 rings (SSSR count). The summed E-state index contributed by atoms with van der Waals surface area (Å²) in [6.07, 6.45) is 0. The Balaban J connectivity index is 3.97. The van der Waals surface area contributed by atoms with Gasteiger partial charge >= 0.3 is 0 Å². The average Bonchev–Trinajstić information content (AvgIpc) is 1.99. The van der Waals surface area contributed by atoms with Crippen LogP contribution in [0.4, 0.5) is 0 Å². The quantitative estimate of drug-likeness (QED) is 0.572. The van der Waals surface area contributed by atoms with Crippen LogP contribution >= 0.6 is 12.2 Å². The molecule has 0 aliphatic rings. The van der Waals surface area contributed by atoms with Crippen LogP contribution in [0, 0.1) is 0 Å². The maximum atomic E-state index is 10.7. The molecule has 0 aromatic rings. The predicted molar refractivity (Wildman–Crippen MR) is 45.5 cm³/mol. The van der Waals surface area contributed by atoms with Crippen LogP contribution in [0.5, 0.6) is 0 Å². The van der Waals surface area contributed by atoms with Gasteiger partial charge in [0.05, 0.1) is 6.54 Å². The standard InChI is InChI=1S/C7H10NO2S/c1-3-8(6(2)9)4-7(10)5-11/h3-4H2,1-2H3. The topological polar surface area (TPSA) is 37.4 Å². The first kappa shape index (κ1) is 10.2. The number of Topliss-reactive ketones (excluding diaryl/α,β-unsaturated/α-hetero) is 1. The lowest BCUT2D eigenvalue weighted by molar-refractivity contribution is -0.131. The van der Waals surface area contributed by atoms with E-state index in [1.807, 2.05) is 5.37 Å². The van der Waals surface area contributed by atoms with Gasteiger partial charge in [0.25, 0.3) is 0 Å². The summed E-state index contributed by atoms with van der Waals surface area (Å²) in [6, 6.07) is 0. The van der Waals surface area contributed by atoms with Crippen molar-refractivity contribution in [3.8, 4) is 0 Å². The fraction of sp³-hybridized carbons (Fsp3) is 0.571. The second-order valence-electron chi connectivity index (χ2n) is 2.06. The number of hydrogen-bond acceptors (Lipinski definition) is 3. The highest BCUT2D eigenvalue weighted by Gasteiger charge is 2.08. The highest BCUT2D eigenvalue weighted by molar-refractivity contribution is 7.80. The summed E-state index contributed by atoms with van der Waals surface area (Å²) < 4.78 is 0. The Labute approximate surface area is 71.4 Å². The summed E-state index contributed by atoms with van der Waals surface area (Å²) in [4.78, 5) is 22.8. The van der Waals surface area contributed by atoms with Gasteiger partial charge < -0.3 is 4.90 Å². The Kier molecular flexibility index (Phi) is 4.61. The zero-order valence-electron chi connectivity index (χ0n) is 6.59. The minimum absolute atomic E-state index is 0.0509. The molecule has 0 aromatic heterocycles. The molecule has 0 aliphatic heterocycles. The molecule has 1 amide bonds. The third-order valence-corrected chi connectivity index (χ3v) is 1.50. The molecule has 0 heterocycles. The monoisotopic (exact) mass is 172 g/mol. The molecule has 0 unspecified atom stereocenters. The van der Waals surface area contributed by atoms with Gasteiger partial charge in [0.15, 0.2) is 5.78 Å². The normalized spacial score (nSPS) is 8.91. The molecule has 61 valence electrons. The van der Waals surface area contributed by atoms with E-state index in [2.05, 4.69) is 12.2 Å². The SMILES string of the molecule is CCN(CC(=O)[C]=S)C(C)=O. The van der Waals surface area contributed by atoms with Crippen molar-refractivity contribution < 1.29 is 9.59 Å². The van der Waals surface area contributed by atoms with Crippen LogP contribution < -0.4 is 0 Å². The van der Waals surface area contributed by atoms with E-state index in [-0.39, 0.29) is 18.2 Å². The number of carbonyl (C=O) groups is 2. The van der Waals surface area contributed by atoms with E-state index in [4.69, 9.17) is 0 Å². The zero-order chi connectivity index (χ0) is 8.85. The lowest BCUT2D eigenvalue weighted by Gasteiger charge is -2.15. The minimum Gasteiger partial charge on any atom is -0.335 e. The molecule has 0 saturated carbocycles. The molecular formula is C7H10NO2S. The Hall–Kier alpha value is -0.770. The van der Waals surface area contributed by atoms with Gasteiger partial charge in [0, 0.05) is 13.5 Å². The molecule has 4 heteroatoms. The molecule has 3 nitrogen and oxygen atoms in total. The second-order valence-corrected chi connectivity index (χ2v) is 2.26. The number of ketones is 1. The Bertz CT molecular complexity index is 179. The third-order valence-electron chi connectivity index (χ3n) is 1.28. The van der Waals surface area contributed by atoms with Crippen molar-refractivity contribution in [1.29, 1.82) is 0 Å². The lowest BCUT2D eigenvalue weighted by atomic mass is 10.4. The van der Waals surface area contributed by atoms with Crippen LogP contribution in [0.2, 0.25) is 0 Å². The lowest BCUT2D eigenvalue weighted by Crippen LogP contribution is -2.33. The molecule has 0 saturated heterocycles. The number of rotatable bonds is 4. The molecule has 0 aromatic carbocycles. The van der Waals surface area contributed by atoms with Crippen molar-refractivity contribution in [3.63, 3.8) is 0 Å². The van der Waals surface area contributed by atoms with E-state index < -0.39 is 0 Å². The number of amides is 1. The number of nitrogens with zero attached hydrogens (tertiary/aromatic N) is 1. The molecule has 11 heavy (non-hydrogen) atoms. The highest BCUT2D eigenvalue weighted by atomic mass is 32.1. The van der Waals surface area contributed by atoms with Gasteiger partial charge in [-0.15, -0.1) is 0 Å². The van der Waals surface area contributed by atoms with Gasteiger partial charge in [0.1, 0.15) is 5.37 Å². The first-order valence-electron chi connectivity index (χ1n) is 3.28. The maximum absolute atomic E-state index is 10.7. The van der Waals surface area contributed by atoms with Crippen molar-refractivity contribution in [2.75, 3.05) is 13.1 Å². The molecule has 0 N–H and O–H groups in total. The number of hydrogen-bond donors (Lipinski definition) is 0. The number of likely N-dealkylation sites (N-methyl/N-ethyl adjacent to an activating group) is 1. The third kappa shape index (κ3) is 3.83. The highest BCUT2D eigenvalue weighted by Crippen LogP contribution is 1.87. The van der Waals surface area contributed by atoms with Crippen molar-refractivity contribution in [1.82, 2.24) is 4.90 Å². The van der Waals surface area contributed by atoms with Crippen LogP contribution in [0.1, 0.15) is 13.8 Å². The summed E-state index contributed by atoms with van der Waals surface area (Å²) in [6.45, 7) is 3.80. The summed E-state index contributed by atoms with van der Waals surface area (Å²) in [5, 5.41) is 2.04. The van der Waals surface area contributed by atoms with Crippen LogP contribution in [0.3, 0.4) is 0 Å². The van der Waals surface area contributed by atoms with Gasteiger partial charge in [-0.2, -0.15) is 0 Å². The van der Waals surface area contributed by atoms with Crippen molar-refractivity contribution in [3.05, 3.63) is 0 Å². The fourth-order valence-corrected chi connectivity index (χ4v) is 0.716. The minimum atomic E-state index is -0.322. The molecular weight excluding hydrogens is 162 g/mol. The predicted octanol–water partition coefficient (Wildman–Crippen LogP) is 0.301. The van der Waals surface area contributed by atoms with E-state index in [1.165, 1.54) is 11.8 Å². The van der Waals surface area contributed by atoms with Gasteiger partial charge in [-0.1, -0.05) is 12.2 Å². The van der Waals surface area contributed by atoms with Crippen molar-refractivity contribution >= 4 is 29.3 Å². The maximum Gasteiger partial charge on any atom is 0.219 e. The van der Waals surface area contributed by atoms with Gasteiger partial charge in [-0.05, 0) is 6.92 Å². The molecule has 1 radical (unpaired) electrons. The summed E-state index contributed by atoms with van der Waals surface area (Å²) >= 11 is 4.29. The van der Waals surface area contributed by atoms with Gasteiger partial charge in [0.2, 0.25) is 5.91 Å². The molecule has 0 fully saturated rings. The van der Waals surface area contributed by atoms with Crippen molar-refractivity contribution in [2.24, 2.45) is 0 Å². The molecule has 0 bridgehead atoms. The summed E-state index contributed by atoms with van der Waals surface area (Å²) in [5.41, 5.74) is 0. The second kappa shape index (κ2) is 4.96. The van der Waals surface area contributed by atoms with Crippen LogP contribution in [0.25, 0.3) is 0 Å². The van der Waals surface area contributed by atoms with Crippen molar-refractivity contribution in [2.45, 2.75) is 13.8 Å².